The highest BCUT2D eigenvalue weighted by atomic mass is 79.9. The van der Waals surface area contributed by atoms with Gasteiger partial charge in [-0.1, -0.05) is 6.92 Å². The number of hydrogen-bond acceptors (Lipinski definition) is 3. The lowest BCUT2D eigenvalue weighted by atomic mass is 10.2. The van der Waals surface area contributed by atoms with E-state index in [-0.39, 0.29) is 12.6 Å². The highest BCUT2D eigenvalue weighted by molar-refractivity contribution is 9.11. The fourth-order valence-electron chi connectivity index (χ4n) is 1.51. The zero-order valence-corrected chi connectivity index (χ0v) is 13.2. The van der Waals surface area contributed by atoms with Gasteiger partial charge < -0.3 is 10.1 Å². The van der Waals surface area contributed by atoms with Crippen molar-refractivity contribution in [2.45, 2.75) is 32.5 Å². The molecule has 0 aliphatic rings. The number of halogens is 4. The number of nitrogens with one attached hydrogen (secondary N) is 1. The molecule has 7 heteroatoms. The number of aryl methyl sites for hydroxylation is 1. The van der Waals surface area contributed by atoms with E-state index in [1.54, 1.807) is 0 Å². The van der Waals surface area contributed by atoms with Crippen molar-refractivity contribution in [1.29, 1.82) is 0 Å². The van der Waals surface area contributed by atoms with E-state index in [1.807, 2.05) is 19.9 Å². The molecule has 1 heterocycles. The van der Waals surface area contributed by atoms with Crippen molar-refractivity contribution < 1.29 is 17.9 Å². The van der Waals surface area contributed by atoms with Crippen molar-refractivity contribution in [3.05, 3.63) is 20.3 Å². The standard InChI is InChI=1S/C12H17BrF3NOS/c1-3-4-17-9(6-18-7-12(14,15)16)10-5-8(2)11(13)19-10/h5,9,17H,3-4,6-7H2,1-2H3. The van der Waals surface area contributed by atoms with Gasteiger partial charge in [-0.3, -0.25) is 0 Å². The smallest absolute Gasteiger partial charge is 0.370 e. The minimum absolute atomic E-state index is 0.0197. The average molecular weight is 360 g/mol. The van der Waals surface area contributed by atoms with Crippen LogP contribution in [-0.4, -0.2) is 25.9 Å². The first kappa shape index (κ1) is 16.9. The van der Waals surface area contributed by atoms with Gasteiger partial charge in [-0.05, 0) is 47.4 Å². The van der Waals surface area contributed by atoms with Gasteiger partial charge in [-0.2, -0.15) is 13.2 Å². The second-order valence-corrected chi connectivity index (χ2v) is 6.64. The molecule has 0 amide bonds. The van der Waals surface area contributed by atoms with Crippen LogP contribution in [0.3, 0.4) is 0 Å². The molecule has 0 radical (unpaired) electrons. The van der Waals surface area contributed by atoms with Gasteiger partial charge in [0.25, 0.3) is 0 Å². The Morgan fingerprint density at radius 2 is 2.16 bits per heavy atom. The number of thiophene rings is 1. The number of ether oxygens (including phenoxy) is 1. The van der Waals surface area contributed by atoms with E-state index in [0.717, 1.165) is 27.2 Å². The van der Waals surface area contributed by atoms with Crippen LogP contribution >= 0.6 is 27.3 Å². The molecule has 0 fully saturated rings. The van der Waals surface area contributed by atoms with Crippen LogP contribution in [0.1, 0.15) is 29.8 Å². The van der Waals surface area contributed by atoms with Crippen molar-refractivity contribution in [3.8, 4) is 0 Å². The van der Waals surface area contributed by atoms with Crippen LogP contribution in [0.15, 0.2) is 9.85 Å². The lowest BCUT2D eigenvalue weighted by molar-refractivity contribution is -0.175. The first-order valence-corrected chi connectivity index (χ1v) is 7.58. The Morgan fingerprint density at radius 1 is 1.47 bits per heavy atom. The highest BCUT2D eigenvalue weighted by Gasteiger charge is 2.28. The van der Waals surface area contributed by atoms with Crippen LogP contribution in [0.5, 0.6) is 0 Å². The third-order valence-corrected chi connectivity index (χ3v) is 4.66. The van der Waals surface area contributed by atoms with E-state index >= 15 is 0 Å². The molecule has 2 nitrogen and oxygen atoms in total. The van der Waals surface area contributed by atoms with Crippen LogP contribution in [0, 0.1) is 6.92 Å². The van der Waals surface area contributed by atoms with Gasteiger partial charge >= 0.3 is 6.18 Å². The number of alkyl halides is 3. The summed E-state index contributed by atoms with van der Waals surface area (Å²) in [6, 6.07) is 1.77. The normalized spacial score (nSPS) is 13.8. The molecule has 0 saturated heterocycles. The molecule has 0 bridgehead atoms. The molecule has 1 unspecified atom stereocenters. The molecule has 19 heavy (non-hydrogen) atoms. The molecule has 1 N–H and O–H groups in total. The van der Waals surface area contributed by atoms with E-state index in [1.165, 1.54) is 11.3 Å². The maximum atomic E-state index is 12.1. The molecule has 0 spiro atoms. The third kappa shape index (κ3) is 6.25. The monoisotopic (exact) mass is 359 g/mol. The molecule has 0 aromatic carbocycles. The first-order valence-electron chi connectivity index (χ1n) is 5.97. The van der Waals surface area contributed by atoms with Gasteiger partial charge in [-0.15, -0.1) is 11.3 Å². The number of hydrogen-bond donors (Lipinski definition) is 1. The average Bonchev–Trinajstić information content (AvgIpc) is 2.62. The Morgan fingerprint density at radius 3 is 2.63 bits per heavy atom. The Bertz CT molecular complexity index is 375. The van der Waals surface area contributed by atoms with Gasteiger partial charge in [0.05, 0.1) is 16.4 Å². The zero-order chi connectivity index (χ0) is 14.5. The lowest BCUT2D eigenvalue weighted by Gasteiger charge is -2.18. The van der Waals surface area contributed by atoms with Crippen molar-refractivity contribution in [3.63, 3.8) is 0 Å². The predicted molar refractivity (Wildman–Crippen MR) is 74.7 cm³/mol. The number of rotatable bonds is 7. The quantitative estimate of drug-likeness (QED) is 0.776. The largest absolute Gasteiger partial charge is 0.411 e. The van der Waals surface area contributed by atoms with E-state index in [0.29, 0.717) is 0 Å². The van der Waals surface area contributed by atoms with Gasteiger partial charge in [0, 0.05) is 4.88 Å². The molecule has 1 aromatic heterocycles. The van der Waals surface area contributed by atoms with Gasteiger partial charge in [0.2, 0.25) is 0 Å². The van der Waals surface area contributed by atoms with Crippen molar-refractivity contribution in [1.82, 2.24) is 5.32 Å². The van der Waals surface area contributed by atoms with Crippen LogP contribution in [-0.2, 0) is 4.74 Å². The summed E-state index contributed by atoms with van der Waals surface area (Å²) in [5.41, 5.74) is 1.08. The minimum atomic E-state index is -4.28. The van der Waals surface area contributed by atoms with E-state index in [9.17, 15) is 13.2 Å². The maximum absolute atomic E-state index is 12.1. The summed E-state index contributed by atoms with van der Waals surface area (Å²) in [6.45, 7) is 3.52. The molecular formula is C12H17BrF3NOS. The summed E-state index contributed by atoms with van der Waals surface area (Å²) in [5.74, 6) is 0. The van der Waals surface area contributed by atoms with Gasteiger partial charge in [0.1, 0.15) is 6.61 Å². The van der Waals surface area contributed by atoms with E-state index < -0.39 is 12.8 Å². The molecule has 0 aliphatic heterocycles. The fourth-order valence-corrected chi connectivity index (χ4v) is 3.14. The van der Waals surface area contributed by atoms with Crippen molar-refractivity contribution >= 4 is 27.3 Å². The minimum Gasteiger partial charge on any atom is -0.370 e. The van der Waals surface area contributed by atoms with Crippen LogP contribution in [0.25, 0.3) is 0 Å². The summed E-state index contributed by atoms with van der Waals surface area (Å²) < 4.78 is 42.0. The van der Waals surface area contributed by atoms with Crippen LogP contribution in [0.4, 0.5) is 13.2 Å². The van der Waals surface area contributed by atoms with Crippen LogP contribution in [0.2, 0.25) is 0 Å². The summed E-state index contributed by atoms with van der Waals surface area (Å²) in [4.78, 5) is 0.986. The summed E-state index contributed by atoms with van der Waals surface area (Å²) in [5, 5.41) is 3.21. The molecule has 0 aliphatic carbocycles. The summed E-state index contributed by atoms with van der Waals surface area (Å²) >= 11 is 4.95. The molecular weight excluding hydrogens is 343 g/mol. The Hall–Kier alpha value is -0.110. The van der Waals surface area contributed by atoms with Crippen molar-refractivity contribution in [2.24, 2.45) is 0 Å². The van der Waals surface area contributed by atoms with Crippen LogP contribution < -0.4 is 5.32 Å². The summed E-state index contributed by atoms with van der Waals surface area (Å²) in [7, 11) is 0. The van der Waals surface area contributed by atoms with Gasteiger partial charge in [0.15, 0.2) is 0 Å². The molecule has 110 valence electrons. The van der Waals surface area contributed by atoms with Crippen molar-refractivity contribution in [2.75, 3.05) is 19.8 Å². The van der Waals surface area contributed by atoms with Gasteiger partial charge in [-0.25, -0.2) is 0 Å². The second-order valence-electron chi connectivity index (χ2n) is 4.24. The Labute approximate surface area is 123 Å². The molecule has 1 aromatic rings. The Kier molecular flexibility index (Phi) is 6.79. The zero-order valence-electron chi connectivity index (χ0n) is 10.8. The predicted octanol–water partition coefficient (Wildman–Crippen LogP) is 4.44. The first-order chi connectivity index (χ1) is 8.83. The highest BCUT2D eigenvalue weighted by Crippen LogP contribution is 2.31. The topological polar surface area (TPSA) is 21.3 Å². The van der Waals surface area contributed by atoms with E-state index in [2.05, 4.69) is 21.2 Å². The lowest BCUT2D eigenvalue weighted by Crippen LogP contribution is -2.28. The Balaban J connectivity index is 2.61. The second kappa shape index (κ2) is 7.61. The molecule has 1 atom stereocenters. The fraction of sp³-hybridized carbons (Fsp3) is 0.667. The molecule has 1 rings (SSSR count). The third-order valence-electron chi connectivity index (χ3n) is 2.41. The van der Waals surface area contributed by atoms with E-state index in [4.69, 9.17) is 4.74 Å². The summed E-state index contributed by atoms with van der Waals surface area (Å²) in [6.07, 6.45) is -3.36. The maximum Gasteiger partial charge on any atom is 0.411 e. The molecule has 0 saturated carbocycles. The SMILES string of the molecule is CCCNC(COCC(F)(F)F)c1cc(C)c(Br)s1.